The average Bonchev–Trinajstić information content (AvgIpc) is 2.49. The molecule has 1 aromatic carbocycles. The number of carbonyl (C=O) groups excluding carboxylic acids is 1. The number of amides is 1. The molecule has 104 valence electrons. The molecule has 1 fully saturated rings. The van der Waals surface area contributed by atoms with E-state index in [9.17, 15) is 4.79 Å². The van der Waals surface area contributed by atoms with Gasteiger partial charge in [-0.25, -0.2) is 0 Å². The molecule has 4 heteroatoms. The summed E-state index contributed by atoms with van der Waals surface area (Å²) in [7, 11) is 0. The topological polar surface area (TPSA) is 42.0 Å². The van der Waals surface area contributed by atoms with Gasteiger partial charge in [0, 0.05) is 28.0 Å². The zero-order valence-corrected chi connectivity index (χ0v) is 12.8. The third-order valence-corrected chi connectivity index (χ3v) is 4.77. The van der Waals surface area contributed by atoms with Crippen molar-refractivity contribution in [2.75, 3.05) is 0 Å². The Hall–Kier alpha value is -1.42. The van der Waals surface area contributed by atoms with E-state index in [0.29, 0.717) is 16.4 Å². The van der Waals surface area contributed by atoms with Crippen LogP contribution >= 0.6 is 15.9 Å². The van der Waals surface area contributed by atoms with Crippen molar-refractivity contribution >= 4 is 32.7 Å². The molecular weight excluding hydrogens is 316 g/mol. The molecule has 2 aromatic rings. The minimum atomic E-state index is 0.0220. The van der Waals surface area contributed by atoms with E-state index in [1.165, 1.54) is 0 Å². The number of alkyl halides is 1. The number of nitrogens with one attached hydrogen (secondary N) is 1. The van der Waals surface area contributed by atoms with Gasteiger partial charge in [0.15, 0.2) is 0 Å². The normalized spacial score (nSPS) is 22.6. The van der Waals surface area contributed by atoms with Crippen LogP contribution in [0.2, 0.25) is 0 Å². The number of nitrogens with zero attached hydrogens (tertiary/aromatic N) is 1. The van der Waals surface area contributed by atoms with Crippen molar-refractivity contribution in [3.8, 4) is 0 Å². The third kappa shape index (κ3) is 3.01. The van der Waals surface area contributed by atoms with Gasteiger partial charge in [-0.2, -0.15) is 0 Å². The van der Waals surface area contributed by atoms with Gasteiger partial charge in [0.25, 0.3) is 5.91 Å². The van der Waals surface area contributed by atoms with Gasteiger partial charge in [-0.05, 0) is 49.9 Å². The lowest BCUT2D eigenvalue weighted by molar-refractivity contribution is 0.0928. The highest BCUT2D eigenvalue weighted by molar-refractivity contribution is 9.09. The first-order valence-electron chi connectivity index (χ1n) is 7.02. The lowest BCUT2D eigenvalue weighted by Crippen LogP contribution is -2.37. The van der Waals surface area contributed by atoms with Gasteiger partial charge in [-0.1, -0.05) is 22.0 Å². The highest BCUT2D eigenvalue weighted by Gasteiger charge is 2.21. The van der Waals surface area contributed by atoms with Gasteiger partial charge in [0.05, 0.1) is 5.52 Å². The molecule has 3 rings (SSSR count). The van der Waals surface area contributed by atoms with Crippen molar-refractivity contribution in [1.82, 2.24) is 10.3 Å². The number of hydrogen-bond donors (Lipinski definition) is 1. The molecule has 0 atom stereocenters. The van der Waals surface area contributed by atoms with Crippen LogP contribution in [-0.2, 0) is 0 Å². The standard InChI is InChI=1S/C16H17BrN2O/c17-13-4-6-14(7-5-13)19-16(20)12-3-8-15-11(10-12)2-1-9-18-15/h1-3,8-10,13-14H,4-7H2,(H,19,20). The summed E-state index contributed by atoms with van der Waals surface area (Å²) >= 11 is 3.63. The van der Waals surface area contributed by atoms with Crippen molar-refractivity contribution in [1.29, 1.82) is 0 Å². The molecule has 0 radical (unpaired) electrons. The maximum atomic E-state index is 12.3. The second-order valence-electron chi connectivity index (χ2n) is 5.33. The molecule has 1 heterocycles. The van der Waals surface area contributed by atoms with Crippen molar-refractivity contribution in [3.63, 3.8) is 0 Å². The van der Waals surface area contributed by atoms with Crippen LogP contribution < -0.4 is 5.32 Å². The maximum absolute atomic E-state index is 12.3. The molecule has 1 N–H and O–H groups in total. The molecule has 0 bridgehead atoms. The first-order chi connectivity index (χ1) is 9.72. The van der Waals surface area contributed by atoms with Crippen molar-refractivity contribution in [3.05, 3.63) is 42.1 Å². The smallest absolute Gasteiger partial charge is 0.251 e. The number of hydrogen-bond acceptors (Lipinski definition) is 2. The van der Waals surface area contributed by atoms with E-state index in [1.54, 1.807) is 6.20 Å². The van der Waals surface area contributed by atoms with Crippen molar-refractivity contribution in [2.45, 2.75) is 36.6 Å². The molecule has 3 nitrogen and oxygen atoms in total. The Labute approximate surface area is 126 Å². The number of carbonyl (C=O) groups is 1. The molecule has 0 saturated heterocycles. The summed E-state index contributed by atoms with van der Waals surface area (Å²) < 4.78 is 0. The first-order valence-corrected chi connectivity index (χ1v) is 7.93. The molecule has 20 heavy (non-hydrogen) atoms. The largest absolute Gasteiger partial charge is 0.349 e. The van der Waals surface area contributed by atoms with Gasteiger partial charge in [0.2, 0.25) is 0 Å². The second-order valence-corrected chi connectivity index (χ2v) is 6.63. The first kappa shape index (κ1) is 13.6. The molecule has 1 aromatic heterocycles. The quantitative estimate of drug-likeness (QED) is 0.852. The summed E-state index contributed by atoms with van der Waals surface area (Å²) in [5.41, 5.74) is 1.63. The van der Waals surface area contributed by atoms with E-state index in [2.05, 4.69) is 26.2 Å². The Morgan fingerprint density at radius 3 is 2.80 bits per heavy atom. The number of benzene rings is 1. The number of aromatic nitrogens is 1. The highest BCUT2D eigenvalue weighted by atomic mass is 79.9. The predicted octanol–water partition coefficient (Wildman–Crippen LogP) is 3.67. The number of fused-ring (bicyclic) bond motifs is 1. The molecule has 1 aliphatic rings. The van der Waals surface area contributed by atoms with E-state index in [1.807, 2.05) is 30.3 Å². The molecular formula is C16H17BrN2O. The Kier molecular flexibility index (Phi) is 4.01. The summed E-state index contributed by atoms with van der Waals surface area (Å²) in [5.74, 6) is 0.0220. The molecule has 1 amide bonds. The van der Waals surface area contributed by atoms with Crippen LogP contribution in [0.3, 0.4) is 0 Å². The Bertz CT molecular complexity index is 621. The number of halogens is 1. The lowest BCUT2D eigenvalue weighted by atomic mass is 9.95. The summed E-state index contributed by atoms with van der Waals surface area (Å²) in [6.07, 6.45) is 6.13. The molecule has 1 saturated carbocycles. The zero-order chi connectivity index (χ0) is 13.9. The fraction of sp³-hybridized carbons (Fsp3) is 0.375. The summed E-state index contributed by atoms with van der Waals surface area (Å²) in [4.78, 5) is 17.2. The monoisotopic (exact) mass is 332 g/mol. The van der Waals surface area contributed by atoms with Crippen molar-refractivity contribution < 1.29 is 4.79 Å². The Balaban J connectivity index is 1.72. The van der Waals surface area contributed by atoms with Gasteiger partial charge in [-0.3, -0.25) is 9.78 Å². The van der Waals surface area contributed by atoms with E-state index < -0.39 is 0 Å². The average molecular weight is 333 g/mol. The van der Waals surface area contributed by atoms with Crippen LogP contribution in [0, 0.1) is 0 Å². The van der Waals surface area contributed by atoms with Crippen LogP contribution in [0.5, 0.6) is 0 Å². The molecule has 1 aliphatic carbocycles. The maximum Gasteiger partial charge on any atom is 0.251 e. The highest BCUT2D eigenvalue weighted by Crippen LogP contribution is 2.24. The minimum Gasteiger partial charge on any atom is -0.349 e. The Morgan fingerprint density at radius 2 is 2.00 bits per heavy atom. The Morgan fingerprint density at radius 1 is 1.20 bits per heavy atom. The second kappa shape index (κ2) is 5.92. The SMILES string of the molecule is O=C(NC1CCC(Br)CC1)c1ccc2ncccc2c1. The third-order valence-electron chi connectivity index (χ3n) is 3.86. The van der Waals surface area contributed by atoms with E-state index >= 15 is 0 Å². The predicted molar refractivity (Wildman–Crippen MR) is 84.2 cm³/mol. The van der Waals surface area contributed by atoms with E-state index in [-0.39, 0.29) is 5.91 Å². The van der Waals surface area contributed by atoms with Crippen molar-refractivity contribution in [2.24, 2.45) is 0 Å². The summed E-state index contributed by atoms with van der Waals surface area (Å²) in [6.45, 7) is 0. The van der Waals surface area contributed by atoms with Crippen LogP contribution in [0.4, 0.5) is 0 Å². The zero-order valence-electron chi connectivity index (χ0n) is 11.2. The van der Waals surface area contributed by atoms with Gasteiger partial charge in [-0.15, -0.1) is 0 Å². The fourth-order valence-electron chi connectivity index (χ4n) is 2.68. The van der Waals surface area contributed by atoms with Gasteiger partial charge < -0.3 is 5.32 Å². The number of pyridine rings is 1. The van der Waals surface area contributed by atoms with Crippen LogP contribution in [0.25, 0.3) is 10.9 Å². The summed E-state index contributed by atoms with van der Waals surface area (Å²) in [6, 6.07) is 9.84. The van der Waals surface area contributed by atoms with Gasteiger partial charge >= 0.3 is 0 Å². The van der Waals surface area contributed by atoms with Crippen LogP contribution in [0.1, 0.15) is 36.0 Å². The fourth-order valence-corrected chi connectivity index (χ4v) is 3.21. The molecule has 0 unspecified atom stereocenters. The lowest BCUT2D eigenvalue weighted by Gasteiger charge is -2.26. The summed E-state index contributed by atoms with van der Waals surface area (Å²) in [5, 5.41) is 4.14. The molecule has 0 spiro atoms. The van der Waals surface area contributed by atoms with E-state index in [0.717, 1.165) is 36.6 Å². The van der Waals surface area contributed by atoms with Gasteiger partial charge in [0.1, 0.15) is 0 Å². The van der Waals surface area contributed by atoms with Crippen LogP contribution in [-0.4, -0.2) is 21.8 Å². The molecule has 0 aliphatic heterocycles. The van der Waals surface area contributed by atoms with Crippen LogP contribution in [0.15, 0.2) is 36.5 Å². The van der Waals surface area contributed by atoms with E-state index in [4.69, 9.17) is 0 Å². The number of rotatable bonds is 2. The minimum absolute atomic E-state index is 0.0220.